The topological polar surface area (TPSA) is 40.5 Å². The Labute approximate surface area is 101 Å². The normalized spacial score (nSPS) is 10.7. The van der Waals surface area contributed by atoms with Gasteiger partial charge >= 0.3 is 0 Å². The van der Waals surface area contributed by atoms with Gasteiger partial charge in [-0.2, -0.15) is 0 Å². The van der Waals surface area contributed by atoms with E-state index >= 15 is 0 Å². The van der Waals surface area contributed by atoms with Gasteiger partial charge in [0.05, 0.1) is 0 Å². The molecule has 0 bridgehead atoms. The summed E-state index contributed by atoms with van der Waals surface area (Å²) in [7, 11) is 0. The summed E-state index contributed by atoms with van der Waals surface area (Å²) >= 11 is 0. The van der Waals surface area contributed by atoms with Crippen LogP contribution < -0.4 is 0 Å². The third kappa shape index (κ3) is 3.22. The van der Waals surface area contributed by atoms with Crippen molar-refractivity contribution < 1.29 is 10.2 Å². The van der Waals surface area contributed by atoms with Gasteiger partial charge in [0, 0.05) is 35.1 Å². The molecule has 13 heavy (non-hydrogen) atoms. The predicted molar refractivity (Wildman–Crippen MR) is 54.2 cm³/mol. The first-order chi connectivity index (χ1) is 5.41. The van der Waals surface area contributed by atoms with Gasteiger partial charge in [-0.3, -0.25) is 0 Å². The van der Waals surface area contributed by atoms with E-state index in [1.807, 2.05) is 20.8 Å². The molecule has 0 unspecified atom stereocenters. The van der Waals surface area contributed by atoms with Crippen molar-refractivity contribution in [1.29, 1.82) is 0 Å². The molecule has 2 nitrogen and oxygen atoms in total. The summed E-state index contributed by atoms with van der Waals surface area (Å²) in [5, 5.41) is 18.6. The second kappa shape index (κ2) is 4.36. The summed E-state index contributed by atoms with van der Waals surface area (Å²) in [6.07, 6.45) is 0. The summed E-state index contributed by atoms with van der Waals surface area (Å²) in [6, 6.07) is 4.58. The maximum absolute atomic E-state index is 9.46. The van der Waals surface area contributed by atoms with Crippen LogP contribution in [0.3, 0.4) is 0 Å². The van der Waals surface area contributed by atoms with Gasteiger partial charge in [0.25, 0.3) is 0 Å². The number of rotatable bonds is 0. The van der Waals surface area contributed by atoms with Crippen molar-refractivity contribution in [3.05, 3.63) is 23.8 Å². The zero-order valence-corrected chi connectivity index (χ0v) is 10.6. The van der Waals surface area contributed by atoms with E-state index in [0.29, 0.717) is 0 Å². The standard InChI is InChI=1S/C10H14O2.Na/c1-10(2,3)8-6-7(11)4-5-9(8)12;/h4-6,11-12H,1-3H3;. The Morgan fingerprint density at radius 1 is 1.08 bits per heavy atom. The number of phenolic OH excluding ortho intramolecular Hbond substituents is 2. The van der Waals surface area contributed by atoms with Crippen LogP contribution in [0.25, 0.3) is 0 Å². The summed E-state index contributed by atoms with van der Waals surface area (Å²) < 4.78 is 0. The van der Waals surface area contributed by atoms with Gasteiger partial charge in [-0.1, -0.05) is 20.8 Å². The Balaban J connectivity index is 0.00000144. The summed E-state index contributed by atoms with van der Waals surface area (Å²) in [6.45, 7) is 5.96. The monoisotopic (exact) mass is 189 g/mol. The molecule has 1 aromatic carbocycles. The average Bonchev–Trinajstić information content (AvgIpc) is 1.92. The van der Waals surface area contributed by atoms with E-state index in [0.717, 1.165) is 5.56 Å². The van der Waals surface area contributed by atoms with Crippen molar-refractivity contribution in [3.63, 3.8) is 0 Å². The molecule has 1 rings (SSSR count). The van der Waals surface area contributed by atoms with Gasteiger partial charge in [-0.15, -0.1) is 0 Å². The molecule has 3 heteroatoms. The number of phenols is 2. The van der Waals surface area contributed by atoms with Crippen LogP contribution in [0.1, 0.15) is 26.3 Å². The minimum Gasteiger partial charge on any atom is -0.508 e. The predicted octanol–water partition coefficient (Wildman–Crippen LogP) is 2.01. The van der Waals surface area contributed by atoms with Crippen LogP contribution in [-0.2, 0) is 5.41 Å². The molecule has 67 valence electrons. The maximum Gasteiger partial charge on any atom is 0.119 e. The molecule has 0 atom stereocenters. The van der Waals surface area contributed by atoms with E-state index in [2.05, 4.69) is 0 Å². The zero-order valence-electron chi connectivity index (χ0n) is 8.63. The van der Waals surface area contributed by atoms with E-state index in [-0.39, 0.29) is 46.5 Å². The first-order valence-electron chi connectivity index (χ1n) is 3.94. The van der Waals surface area contributed by atoms with Gasteiger partial charge in [0.1, 0.15) is 11.5 Å². The third-order valence-corrected chi connectivity index (χ3v) is 1.79. The quantitative estimate of drug-likeness (QED) is 0.484. The van der Waals surface area contributed by atoms with E-state index in [1.165, 1.54) is 12.1 Å². The molecule has 0 amide bonds. The Kier molecular flexibility index (Phi) is 4.30. The van der Waals surface area contributed by atoms with Crippen LogP contribution in [-0.4, -0.2) is 39.8 Å². The smallest absolute Gasteiger partial charge is 0.119 e. The van der Waals surface area contributed by atoms with Crippen molar-refractivity contribution in [2.24, 2.45) is 0 Å². The number of hydrogen-bond acceptors (Lipinski definition) is 2. The fourth-order valence-electron chi connectivity index (χ4n) is 1.12. The van der Waals surface area contributed by atoms with Crippen LogP contribution in [0.2, 0.25) is 0 Å². The van der Waals surface area contributed by atoms with Crippen LogP contribution in [0, 0.1) is 0 Å². The Morgan fingerprint density at radius 2 is 1.62 bits per heavy atom. The van der Waals surface area contributed by atoms with Gasteiger partial charge in [0.15, 0.2) is 0 Å². The SMILES string of the molecule is CC(C)(C)c1cc(O)ccc1O.[Na]. The number of benzene rings is 1. The van der Waals surface area contributed by atoms with Gasteiger partial charge in [-0.05, 0) is 23.6 Å². The zero-order chi connectivity index (χ0) is 9.35. The molecule has 0 spiro atoms. The van der Waals surface area contributed by atoms with Crippen LogP contribution in [0.4, 0.5) is 0 Å². The molecule has 0 saturated heterocycles. The van der Waals surface area contributed by atoms with Gasteiger partial charge in [0.2, 0.25) is 0 Å². The molecule has 0 aliphatic heterocycles. The van der Waals surface area contributed by atoms with Crippen molar-refractivity contribution >= 4 is 29.6 Å². The van der Waals surface area contributed by atoms with Crippen molar-refractivity contribution in [3.8, 4) is 11.5 Å². The second-order valence-corrected chi connectivity index (χ2v) is 3.95. The molecule has 0 aliphatic carbocycles. The Morgan fingerprint density at radius 3 is 2.00 bits per heavy atom. The molecule has 1 aromatic rings. The number of hydrogen-bond donors (Lipinski definition) is 2. The van der Waals surface area contributed by atoms with Crippen LogP contribution in [0.5, 0.6) is 11.5 Å². The second-order valence-electron chi connectivity index (χ2n) is 3.95. The molecule has 1 radical (unpaired) electrons. The summed E-state index contributed by atoms with van der Waals surface area (Å²) in [4.78, 5) is 0. The van der Waals surface area contributed by atoms with E-state index in [9.17, 15) is 10.2 Å². The van der Waals surface area contributed by atoms with Gasteiger partial charge < -0.3 is 10.2 Å². The van der Waals surface area contributed by atoms with Crippen LogP contribution >= 0.6 is 0 Å². The molecular weight excluding hydrogens is 175 g/mol. The number of aromatic hydroxyl groups is 2. The van der Waals surface area contributed by atoms with E-state index in [4.69, 9.17) is 0 Å². The molecule has 0 saturated carbocycles. The fraction of sp³-hybridized carbons (Fsp3) is 0.400. The Hall–Kier alpha value is -0.180. The first kappa shape index (κ1) is 12.8. The van der Waals surface area contributed by atoms with Crippen molar-refractivity contribution in [2.75, 3.05) is 0 Å². The molecule has 0 fully saturated rings. The fourth-order valence-corrected chi connectivity index (χ4v) is 1.12. The summed E-state index contributed by atoms with van der Waals surface area (Å²) in [5.74, 6) is 0.429. The van der Waals surface area contributed by atoms with E-state index < -0.39 is 0 Å². The molecule has 0 aliphatic rings. The van der Waals surface area contributed by atoms with E-state index in [1.54, 1.807) is 6.07 Å². The average molecular weight is 189 g/mol. The largest absolute Gasteiger partial charge is 0.508 e. The van der Waals surface area contributed by atoms with Crippen LogP contribution in [0.15, 0.2) is 18.2 Å². The van der Waals surface area contributed by atoms with Crippen molar-refractivity contribution in [1.82, 2.24) is 0 Å². The minimum atomic E-state index is -0.136. The molecule has 0 heterocycles. The Bertz CT molecular complexity index is 289. The summed E-state index contributed by atoms with van der Waals surface area (Å²) in [5.41, 5.74) is 0.630. The van der Waals surface area contributed by atoms with Gasteiger partial charge in [-0.25, -0.2) is 0 Å². The first-order valence-corrected chi connectivity index (χ1v) is 3.94. The maximum atomic E-state index is 9.46. The third-order valence-electron chi connectivity index (χ3n) is 1.79. The van der Waals surface area contributed by atoms with Crippen molar-refractivity contribution in [2.45, 2.75) is 26.2 Å². The molecular formula is C10H14NaO2. The molecule has 0 aromatic heterocycles. The molecule has 2 N–H and O–H groups in total. The minimum absolute atomic E-state index is 0.